The first-order chi connectivity index (χ1) is 11.9. The lowest BCUT2D eigenvalue weighted by Gasteiger charge is -2.24. The Morgan fingerprint density at radius 3 is 2.88 bits per heavy atom. The summed E-state index contributed by atoms with van der Waals surface area (Å²) in [5.74, 6) is 0.302. The van der Waals surface area contributed by atoms with Crippen LogP contribution >= 0.6 is 11.3 Å². The van der Waals surface area contributed by atoms with E-state index in [1.54, 1.807) is 14.0 Å². The topological polar surface area (TPSA) is 106 Å². The van der Waals surface area contributed by atoms with Gasteiger partial charge in [0, 0.05) is 13.0 Å². The van der Waals surface area contributed by atoms with Gasteiger partial charge in [0.2, 0.25) is 0 Å². The summed E-state index contributed by atoms with van der Waals surface area (Å²) in [5, 5.41) is 10.2. The van der Waals surface area contributed by atoms with Crippen molar-refractivity contribution in [3.05, 3.63) is 25.8 Å². The molecule has 1 aliphatic rings. The van der Waals surface area contributed by atoms with Gasteiger partial charge >= 0.3 is 4.87 Å². The van der Waals surface area contributed by atoms with E-state index < -0.39 is 12.3 Å². The first-order valence-electron chi connectivity index (χ1n) is 8.35. The molecular weight excluding hydrogens is 346 g/mol. The van der Waals surface area contributed by atoms with Crippen LogP contribution in [0, 0.1) is 12.8 Å². The quantitative estimate of drug-likeness (QED) is 0.819. The molecule has 5 unspecified atom stereocenters. The summed E-state index contributed by atoms with van der Waals surface area (Å²) in [6.07, 6.45) is -0.680. The number of aryl methyl sites for hydroxylation is 1. The molecule has 0 amide bonds. The largest absolute Gasteiger partial charge is 0.390 e. The van der Waals surface area contributed by atoms with E-state index in [4.69, 9.17) is 9.47 Å². The van der Waals surface area contributed by atoms with Crippen LogP contribution in [-0.4, -0.2) is 45.1 Å². The maximum Gasteiger partial charge on any atom is 0.311 e. The Balaban J connectivity index is 2.12. The molecule has 0 spiro atoms. The summed E-state index contributed by atoms with van der Waals surface area (Å²) in [6, 6.07) is 0. The summed E-state index contributed by atoms with van der Waals surface area (Å²) in [7, 11) is 1.60. The first kappa shape index (κ1) is 18.2. The van der Waals surface area contributed by atoms with Gasteiger partial charge in [0.05, 0.1) is 18.3 Å². The van der Waals surface area contributed by atoms with E-state index in [0.717, 1.165) is 11.3 Å². The Hall–Kier alpha value is -1.55. The van der Waals surface area contributed by atoms with Crippen LogP contribution in [0.3, 0.4) is 0 Å². The highest BCUT2D eigenvalue weighted by Gasteiger charge is 2.43. The second kappa shape index (κ2) is 6.99. The van der Waals surface area contributed by atoms with Gasteiger partial charge in [-0.05, 0) is 26.7 Å². The summed E-state index contributed by atoms with van der Waals surface area (Å²) < 4.78 is 13.2. The zero-order valence-corrected chi connectivity index (χ0v) is 15.5. The van der Waals surface area contributed by atoms with Crippen LogP contribution in [-0.2, 0) is 9.47 Å². The van der Waals surface area contributed by atoms with Crippen molar-refractivity contribution < 1.29 is 14.6 Å². The maximum atomic E-state index is 12.6. The van der Waals surface area contributed by atoms with Crippen LogP contribution in [0.15, 0.2) is 9.59 Å². The summed E-state index contributed by atoms with van der Waals surface area (Å²) in [6.45, 7) is 5.46. The molecule has 2 aromatic rings. The molecule has 0 radical (unpaired) electrons. The number of ether oxygens (including phenoxy) is 2. The van der Waals surface area contributed by atoms with E-state index in [1.165, 1.54) is 4.57 Å². The van der Waals surface area contributed by atoms with Crippen molar-refractivity contribution in [2.24, 2.45) is 5.92 Å². The van der Waals surface area contributed by atoms with Gasteiger partial charge in [-0.1, -0.05) is 18.3 Å². The Morgan fingerprint density at radius 2 is 2.24 bits per heavy atom. The number of methoxy groups -OCH3 is 1. The molecule has 138 valence electrons. The van der Waals surface area contributed by atoms with Crippen molar-refractivity contribution in [3.8, 4) is 0 Å². The van der Waals surface area contributed by atoms with Gasteiger partial charge in [0.25, 0.3) is 5.56 Å². The number of nitrogens with one attached hydrogen (secondary N) is 1. The third-order valence-electron chi connectivity index (χ3n) is 4.85. The van der Waals surface area contributed by atoms with Crippen molar-refractivity contribution in [2.45, 2.75) is 58.2 Å². The van der Waals surface area contributed by atoms with Crippen LogP contribution in [0.1, 0.15) is 38.7 Å². The first-order valence-corrected chi connectivity index (χ1v) is 9.17. The molecule has 2 aromatic heterocycles. The average molecular weight is 369 g/mol. The number of nitrogens with zero attached hydrogens (tertiary/aromatic N) is 2. The molecule has 0 aliphatic carbocycles. The standard InChI is InChI=1S/C16H23N3O5S/c1-5-10(20)11-6-9(7(2)23-4)15(24-11)19-13-12(25-16(19)22)14(21)18-8(3)17-13/h7,9-11,15,20H,5-6H2,1-4H3,(H,17,18,21). The fourth-order valence-corrected chi connectivity index (χ4v) is 4.19. The molecule has 1 aliphatic heterocycles. The number of aromatic nitrogens is 3. The van der Waals surface area contributed by atoms with Gasteiger partial charge in [0.15, 0.2) is 5.65 Å². The summed E-state index contributed by atoms with van der Waals surface area (Å²) in [5.41, 5.74) is -0.0102. The minimum Gasteiger partial charge on any atom is -0.390 e. The highest BCUT2D eigenvalue weighted by atomic mass is 32.1. The summed E-state index contributed by atoms with van der Waals surface area (Å²) in [4.78, 5) is 31.4. The van der Waals surface area contributed by atoms with Crippen molar-refractivity contribution >= 4 is 21.7 Å². The fraction of sp³-hybridized carbons (Fsp3) is 0.688. The lowest BCUT2D eigenvalue weighted by Crippen LogP contribution is -2.30. The smallest absolute Gasteiger partial charge is 0.311 e. The molecule has 1 saturated heterocycles. The Kier molecular flexibility index (Phi) is 5.10. The molecule has 1 fully saturated rings. The molecule has 9 heteroatoms. The van der Waals surface area contributed by atoms with Crippen LogP contribution in [0.4, 0.5) is 0 Å². The van der Waals surface area contributed by atoms with Crippen LogP contribution in [0.25, 0.3) is 10.3 Å². The van der Waals surface area contributed by atoms with E-state index in [-0.39, 0.29) is 33.3 Å². The second-order valence-corrected chi connectivity index (χ2v) is 7.38. The van der Waals surface area contributed by atoms with E-state index in [0.29, 0.717) is 24.3 Å². The van der Waals surface area contributed by atoms with Crippen molar-refractivity contribution in [3.63, 3.8) is 0 Å². The molecular formula is C16H23N3O5S. The molecule has 0 saturated carbocycles. The van der Waals surface area contributed by atoms with Gasteiger partial charge in [-0.2, -0.15) is 0 Å². The number of fused-ring (bicyclic) bond motifs is 1. The fourth-order valence-electron chi connectivity index (χ4n) is 3.34. The lowest BCUT2D eigenvalue weighted by molar-refractivity contribution is -0.0764. The normalized spacial score (nSPS) is 26.2. The van der Waals surface area contributed by atoms with Crippen molar-refractivity contribution in [1.29, 1.82) is 0 Å². The second-order valence-electron chi connectivity index (χ2n) is 6.42. The number of aromatic amines is 1. The monoisotopic (exact) mass is 369 g/mol. The predicted molar refractivity (Wildman–Crippen MR) is 94.0 cm³/mol. The Labute approximate surface area is 148 Å². The molecule has 8 nitrogen and oxygen atoms in total. The van der Waals surface area contributed by atoms with Gasteiger partial charge in [0.1, 0.15) is 16.8 Å². The van der Waals surface area contributed by atoms with Gasteiger partial charge in [-0.25, -0.2) is 4.98 Å². The molecule has 0 bridgehead atoms. The van der Waals surface area contributed by atoms with Crippen LogP contribution in [0.2, 0.25) is 0 Å². The number of hydrogen-bond donors (Lipinski definition) is 2. The Morgan fingerprint density at radius 1 is 1.52 bits per heavy atom. The van der Waals surface area contributed by atoms with E-state index >= 15 is 0 Å². The van der Waals surface area contributed by atoms with Gasteiger partial charge in [-0.3, -0.25) is 14.2 Å². The third kappa shape index (κ3) is 3.17. The van der Waals surface area contributed by atoms with Gasteiger partial charge < -0.3 is 19.6 Å². The molecule has 5 atom stereocenters. The van der Waals surface area contributed by atoms with E-state index in [9.17, 15) is 14.7 Å². The molecule has 3 heterocycles. The molecule has 2 N–H and O–H groups in total. The highest BCUT2D eigenvalue weighted by molar-refractivity contribution is 7.16. The van der Waals surface area contributed by atoms with Crippen molar-refractivity contribution in [1.82, 2.24) is 14.5 Å². The zero-order chi connectivity index (χ0) is 18.3. The third-order valence-corrected chi connectivity index (χ3v) is 5.80. The van der Waals surface area contributed by atoms with Gasteiger partial charge in [-0.15, -0.1) is 0 Å². The number of aliphatic hydroxyl groups excluding tert-OH is 1. The predicted octanol–water partition coefficient (Wildman–Crippen LogP) is 1.16. The van der Waals surface area contributed by atoms with Crippen LogP contribution < -0.4 is 10.4 Å². The molecule has 0 aromatic carbocycles. The minimum absolute atomic E-state index is 0.131. The number of aliphatic hydroxyl groups is 1. The molecule has 25 heavy (non-hydrogen) atoms. The summed E-state index contributed by atoms with van der Waals surface area (Å²) >= 11 is 0.856. The number of H-pyrrole nitrogens is 1. The number of hydrogen-bond acceptors (Lipinski definition) is 7. The number of thiazole rings is 1. The van der Waals surface area contributed by atoms with Crippen LogP contribution in [0.5, 0.6) is 0 Å². The van der Waals surface area contributed by atoms with Crippen molar-refractivity contribution in [2.75, 3.05) is 7.11 Å². The number of rotatable bonds is 5. The Bertz CT molecular complexity index is 873. The lowest BCUT2D eigenvalue weighted by atomic mass is 9.95. The minimum atomic E-state index is -0.629. The molecule has 3 rings (SSSR count). The van der Waals surface area contributed by atoms with E-state index in [2.05, 4.69) is 9.97 Å². The zero-order valence-electron chi connectivity index (χ0n) is 14.7. The highest BCUT2D eigenvalue weighted by Crippen LogP contribution is 2.39. The SMILES string of the molecule is CCC(O)C1CC(C(C)OC)C(n2c(=O)sc3c(=O)[nH]c(C)nc32)O1. The average Bonchev–Trinajstić information content (AvgIpc) is 3.14. The maximum absolute atomic E-state index is 12.6. The van der Waals surface area contributed by atoms with E-state index in [1.807, 2.05) is 13.8 Å².